The second kappa shape index (κ2) is 9.48. The highest BCUT2D eigenvalue weighted by Crippen LogP contribution is 2.48. The molecule has 8 nitrogen and oxygen atoms in total. The van der Waals surface area contributed by atoms with Crippen molar-refractivity contribution in [2.24, 2.45) is 5.73 Å². The number of methoxy groups -OCH3 is 2. The summed E-state index contributed by atoms with van der Waals surface area (Å²) >= 11 is 7.61. The predicted octanol–water partition coefficient (Wildman–Crippen LogP) is 4.24. The van der Waals surface area contributed by atoms with Gasteiger partial charge < -0.3 is 25.7 Å². The maximum Gasteiger partial charge on any atom is 0.231 e. The molecule has 10 heteroatoms. The van der Waals surface area contributed by atoms with Crippen molar-refractivity contribution in [3.63, 3.8) is 0 Å². The number of hydrogen-bond acceptors (Lipinski definition) is 9. The lowest BCUT2D eigenvalue weighted by molar-refractivity contribution is 0.347. The van der Waals surface area contributed by atoms with Crippen LogP contribution in [0.4, 0.5) is 5.82 Å². The molecular weight excluding hydrogens is 462 g/mol. The summed E-state index contributed by atoms with van der Waals surface area (Å²) in [4.78, 5) is 8.98. The van der Waals surface area contributed by atoms with Crippen LogP contribution in [0.3, 0.4) is 0 Å². The van der Waals surface area contributed by atoms with Crippen LogP contribution in [0.15, 0.2) is 59.1 Å². The van der Waals surface area contributed by atoms with Crippen LogP contribution in [0.1, 0.15) is 22.6 Å². The molecular formula is C23H20ClN5O3S. The van der Waals surface area contributed by atoms with Crippen LogP contribution in [-0.4, -0.2) is 24.2 Å². The van der Waals surface area contributed by atoms with E-state index >= 15 is 0 Å². The minimum atomic E-state index is -0.689. The molecule has 1 atom stereocenters. The minimum Gasteiger partial charge on any atom is -0.493 e. The minimum absolute atomic E-state index is 0.0555. The Bertz CT molecular complexity index is 1290. The molecule has 0 saturated heterocycles. The van der Waals surface area contributed by atoms with Crippen molar-refractivity contribution in [3.8, 4) is 23.4 Å². The van der Waals surface area contributed by atoms with Crippen molar-refractivity contribution >= 4 is 29.2 Å². The van der Waals surface area contributed by atoms with Crippen LogP contribution in [0.2, 0.25) is 5.02 Å². The summed E-state index contributed by atoms with van der Waals surface area (Å²) in [6, 6.07) is 15.0. The number of hydrogen-bond donors (Lipinski definition) is 2. The molecule has 1 aromatic heterocycles. The second-order valence-corrected chi connectivity index (χ2v) is 8.35. The van der Waals surface area contributed by atoms with Crippen molar-refractivity contribution in [3.05, 3.63) is 75.6 Å². The summed E-state index contributed by atoms with van der Waals surface area (Å²) in [6.45, 7) is 0. The summed E-state index contributed by atoms with van der Waals surface area (Å²) in [5, 5.41) is 10.9. The SMILES string of the molecule is COc1cccc(C2C(C#N)=C(N)Oc3nc(SCc4ccccc4Cl)nc(N)c32)c1OC. The summed E-state index contributed by atoms with van der Waals surface area (Å²) in [5.41, 5.74) is 14.7. The highest BCUT2D eigenvalue weighted by atomic mass is 35.5. The Morgan fingerprint density at radius 1 is 1.12 bits per heavy atom. The highest BCUT2D eigenvalue weighted by molar-refractivity contribution is 7.98. The molecule has 0 radical (unpaired) electrons. The maximum absolute atomic E-state index is 9.85. The molecule has 168 valence electrons. The number of nitriles is 1. The molecule has 0 amide bonds. The number of anilines is 1. The van der Waals surface area contributed by atoms with E-state index in [9.17, 15) is 5.26 Å². The number of fused-ring (bicyclic) bond motifs is 1. The van der Waals surface area contributed by atoms with Gasteiger partial charge in [-0.05, 0) is 17.7 Å². The van der Waals surface area contributed by atoms with Gasteiger partial charge in [0.1, 0.15) is 17.5 Å². The molecule has 33 heavy (non-hydrogen) atoms. The van der Waals surface area contributed by atoms with E-state index in [1.165, 1.54) is 26.0 Å². The Balaban J connectivity index is 1.79. The Labute approximate surface area is 200 Å². The lowest BCUT2D eigenvalue weighted by atomic mass is 9.84. The highest BCUT2D eigenvalue weighted by Gasteiger charge is 2.37. The first-order chi connectivity index (χ1) is 16.0. The normalized spacial score (nSPS) is 14.8. The van der Waals surface area contributed by atoms with E-state index in [4.69, 9.17) is 37.3 Å². The van der Waals surface area contributed by atoms with Crippen LogP contribution in [0.25, 0.3) is 0 Å². The zero-order valence-corrected chi connectivity index (χ0v) is 19.4. The summed E-state index contributed by atoms with van der Waals surface area (Å²) in [6.07, 6.45) is 0. The first-order valence-corrected chi connectivity index (χ1v) is 11.2. The third-order valence-electron chi connectivity index (χ3n) is 5.15. The number of para-hydroxylation sites is 1. The Hall–Kier alpha value is -3.61. The van der Waals surface area contributed by atoms with E-state index in [2.05, 4.69) is 16.0 Å². The first-order valence-electron chi connectivity index (χ1n) is 9.80. The molecule has 1 aliphatic rings. The molecule has 1 unspecified atom stereocenters. The largest absolute Gasteiger partial charge is 0.493 e. The van der Waals surface area contributed by atoms with Gasteiger partial charge in [0.15, 0.2) is 16.7 Å². The number of halogens is 1. The Morgan fingerprint density at radius 2 is 1.91 bits per heavy atom. The van der Waals surface area contributed by atoms with Crippen LogP contribution in [0.5, 0.6) is 17.4 Å². The summed E-state index contributed by atoms with van der Waals surface area (Å²) in [7, 11) is 3.06. The van der Waals surface area contributed by atoms with Gasteiger partial charge in [-0.25, -0.2) is 4.98 Å². The number of rotatable bonds is 6. The zero-order chi connectivity index (χ0) is 23.5. The van der Waals surface area contributed by atoms with Crippen LogP contribution < -0.4 is 25.7 Å². The van der Waals surface area contributed by atoms with Gasteiger partial charge in [-0.1, -0.05) is 53.7 Å². The van der Waals surface area contributed by atoms with E-state index in [-0.39, 0.29) is 23.2 Å². The summed E-state index contributed by atoms with van der Waals surface area (Å²) < 4.78 is 16.7. The fourth-order valence-electron chi connectivity index (χ4n) is 3.63. The molecule has 2 aromatic carbocycles. The van der Waals surface area contributed by atoms with Crippen LogP contribution >= 0.6 is 23.4 Å². The third kappa shape index (κ3) is 4.23. The van der Waals surface area contributed by atoms with Gasteiger partial charge in [-0.15, -0.1) is 0 Å². The number of ether oxygens (including phenoxy) is 3. The molecule has 4 rings (SSSR count). The molecule has 0 fully saturated rings. The van der Waals surface area contributed by atoms with Crippen LogP contribution in [0, 0.1) is 11.3 Å². The van der Waals surface area contributed by atoms with E-state index in [1.807, 2.05) is 30.3 Å². The number of aromatic nitrogens is 2. The third-order valence-corrected chi connectivity index (χ3v) is 6.41. The fourth-order valence-corrected chi connectivity index (χ4v) is 4.76. The Morgan fingerprint density at radius 3 is 2.61 bits per heavy atom. The fraction of sp³-hybridized carbons (Fsp3) is 0.174. The average Bonchev–Trinajstić information content (AvgIpc) is 2.82. The van der Waals surface area contributed by atoms with Crippen molar-refractivity contribution in [2.75, 3.05) is 20.0 Å². The smallest absolute Gasteiger partial charge is 0.231 e. The number of nitrogens with zero attached hydrogens (tertiary/aromatic N) is 3. The number of thioether (sulfide) groups is 1. The molecule has 4 N–H and O–H groups in total. The van der Waals surface area contributed by atoms with Crippen LogP contribution in [-0.2, 0) is 5.75 Å². The predicted molar refractivity (Wildman–Crippen MR) is 126 cm³/mol. The number of nitrogen functional groups attached to an aromatic ring is 1. The van der Waals surface area contributed by atoms with Crippen molar-refractivity contribution < 1.29 is 14.2 Å². The van der Waals surface area contributed by atoms with Gasteiger partial charge in [0.05, 0.1) is 25.7 Å². The Kier molecular flexibility index (Phi) is 6.49. The molecule has 0 spiro atoms. The monoisotopic (exact) mass is 481 g/mol. The molecule has 1 aliphatic heterocycles. The van der Waals surface area contributed by atoms with E-state index in [0.29, 0.717) is 38.6 Å². The molecule has 2 heterocycles. The topological polar surface area (TPSA) is 129 Å². The van der Waals surface area contributed by atoms with Crippen molar-refractivity contribution in [1.82, 2.24) is 9.97 Å². The van der Waals surface area contributed by atoms with E-state index < -0.39 is 5.92 Å². The van der Waals surface area contributed by atoms with E-state index in [0.717, 1.165) is 5.56 Å². The molecule has 0 saturated carbocycles. The number of nitrogens with two attached hydrogens (primary N) is 2. The molecule has 0 bridgehead atoms. The standard InChI is InChI=1S/C23H20ClN5O3S/c1-30-16-9-5-7-13(19(16)31-2)17-14(10-25)21(27)32-22-18(17)20(26)28-23(29-22)33-11-12-6-3-4-8-15(12)24/h3-9,17H,11,27H2,1-2H3,(H2,26,28,29). The maximum atomic E-state index is 9.85. The van der Waals surface area contributed by atoms with E-state index in [1.54, 1.807) is 12.1 Å². The lowest BCUT2D eigenvalue weighted by Gasteiger charge is -2.28. The van der Waals surface area contributed by atoms with Gasteiger partial charge in [0.25, 0.3) is 0 Å². The van der Waals surface area contributed by atoms with Gasteiger partial charge in [0, 0.05) is 16.3 Å². The first kappa shape index (κ1) is 22.6. The van der Waals surface area contributed by atoms with Gasteiger partial charge >= 0.3 is 0 Å². The van der Waals surface area contributed by atoms with Gasteiger partial charge in [0.2, 0.25) is 11.8 Å². The van der Waals surface area contributed by atoms with Gasteiger partial charge in [-0.2, -0.15) is 10.2 Å². The van der Waals surface area contributed by atoms with Crippen molar-refractivity contribution in [1.29, 1.82) is 5.26 Å². The second-order valence-electron chi connectivity index (χ2n) is 7.00. The average molecular weight is 482 g/mol. The quantitative estimate of drug-likeness (QED) is 0.392. The number of allylic oxidation sites excluding steroid dienone is 1. The van der Waals surface area contributed by atoms with Gasteiger partial charge in [-0.3, -0.25) is 0 Å². The number of benzene rings is 2. The van der Waals surface area contributed by atoms with Crippen molar-refractivity contribution in [2.45, 2.75) is 16.8 Å². The lowest BCUT2D eigenvalue weighted by Crippen LogP contribution is -2.24. The molecule has 0 aliphatic carbocycles. The zero-order valence-electron chi connectivity index (χ0n) is 17.8. The summed E-state index contributed by atoms with van der Waals surface area (Å²) in [5.74, 6) is 1.12. The molecule has 3 aromatic rings.